The first-order valence-electron chi connectivity index (χ1n) is 8.48. The van der Waals surface area contributed by atoms with Crippen LogP contribution in [-0.2, 0) is 11.0 Å². The molecule has 2 aliphatic rings. The van der Waals surface area contributed by atoms with E-state index < -0.39 is 35.0 Å². The van der Waals surface area contributed by atoms with Crippen molar-refractivity contribution in [2.75, 3.05) is 17.7 Å². The van der Waals surface area contributed by atoms with Crippen LogP contribution in [0.4, 0.5) is 18.9 Å². The molecular weight excluding hydrogens is 383 g/mol. The van der Waals surface area contributed by atoms with Crippen LogP contribution in [0.1, 0.15) is 41.6 Å². The van der Waals surface area contributed by atoms with E-state index in [2.05, 4.69) is 11.4 Å². The smallest absolute Gasteiger partial charge is 0.333 e. The Hall–Kier alpha value is -2.27. The summed E-state index contributed by atoms with van der Waals surface area (Å²) in [6.45, 7) is 0.330. The van der Waals surface area contributed by atoms with E-state index in [9.17, 15) is 22.8 Å². The van der Waals surface area contributed by atoms with Gasteiger partial charge in [-0.3, -0.25) is 9.59 Å². The zero-order chi connectivity index (χ0) is 19.8. The van der Waals surface area contributed by atoms with Gasteiger partial charge in [0.15, 0.2) is 0 Å². The molecule has 0 aromatic heterocycles. The third kappa shape index (κ3) is 4.03. The average Bonchev–Trinajstić information content (AvgIpc) is 3.39. The van der Waals surface area contributed by atoms with Crippen LogP contribution >= 0.6 is 11.6 Å². The highest BCUT2D eigenvalue weighted by Gasteiger charge is 2.53. The van der Waals surface area contributed by atoms with Crippen molar-refractivity contribution in [3.05, 3.63) is 29.3 Å². The minimum Gasteiger partial charge on any atom is -0.333 e. The van der Waals surface area contributed by atoms with Crippen LogP contribution in [-0.4, -0.2) is 34.7 Å². The second kappa shape index (κ2) is 7.04. The summed E-state index contributed by atoms with van der Waals surface area (Å²) in [5, 5.41) is 11.4. The summed E-state index contributed by atoms with van der Waals surface area (Å²) in [6, 6.07) is 5.02. The first kappa shape index (κ1) is 19.5. The Morgan fingerprint density at radius 2 is 2.04 bits per heavy atom. The number of carbonyl (C=O) groups is 2. The highest BCUT2D eigenvalue weighted by atomic mass is 35.5. The summed E-state index contributed by atoms with van der Waals surface area (Å²) in [4.78, 5) is 26.0. The lowest BCUT2D eigenvalue weighted by atomic mass is 9.89. The van der Waals surface area contributed by atoms with Crippen molar-refractivity contribution in [3.63, 3.8) is 0 Å². The van der Waals surface area contributed by atoms with Crippen LogP contribution < -0.4 is 5.32 Å². The van der Waals surface area contributed by atoms with E-state index in [0.29, 0.717) is 19.4 Å². The minimum atomic E-state index is -4.66. The molecule has 1 aromatic rings. The number of alkyl halides is 4. The van der Waals surface area contributed by atoms with E-state index in [1.807, 2.05) is 0 Å². The molecule has 1 atom stereocenters. The average molecular weight is 400 g/mol. The van der Waals surface area contributed by atoms with E-state index in [4.69, 9.17) is 16.9 Å². The summed E-state index contributed by atoms with van der Waals surface area (Å²) in [5.74, 6) is -1.74. The molecule has 1 aromatic carbocycles. The number of anilines is 1. The van der Waals surface area contributed by atoms with Gasteiger partial charge in [-0.2, -0.15) is 18.4 Å². The van der Waals surface area contributed by atoms with Crippen molar-refractivity contribution >= 4 is 29.1 Å². The lowest BCUT2D eigenvalue weighted by Gasteiger charge is -2.38. The molecule has 1 N–H and O–H groups in total. The Bertz CT molecular complexity index is 815. The van der Waals surface area contributed by atoms with Crippen LogP contribution in [0.5, 0.6) is 0 Å². The number of nitriles is 1. The molecule has 1 spiro atoms. The van der Waals surface area contributed by atoms with Gasteiger partial charge >= 0.3 is 6.18 Å². The molecule has 1 saturated carbocycles. The summed E-state index contributed by atoms with van der Waals surface area (Å²) in [5.41, 5.74) is -1.72. The predicted octanol–water partition coefficient (Wildman–Crippen LogP) is 3.79. The number of piperidine rings is 1. The number of likely N-dealkylation sites (tertiary alicyclic amines) is 1. The van der Waals surface area contributed by atoms with E-state index in [-0.39, 0.29) is 17.2 Å². The topological polar surface area (TPSA) is 73.2 Å². The molecule has 1 saturated heterocycles. The zero-order valence-corrected chi connectivity index (χ0v) is 15.0. The molecular formula is C18H17ClF3N3O2. The van der Waals surface area contributed by atoms with Crippen molar-refractivity contribution in [1.82, 2.24) is 4.90 Å². The monoisotopic (exact) mass is 399 g/mol. The summed E-state index contributed by atoms with van der Waals surface area (Å²) in [7, 11) is 0. The van der Waals surface area contributed by atoms with E-state index >= 15 is 0 Å². The molecule has 1 aliphatic carbocycles. The van der Waals surface area contributed by atoms with Crippen LogP contribution in [0.2, 0.25) is 0 Å². The third-order valence-corrected chi connectivity index (χ3v) is 5.31. The highest BCUT2D eigenvalue weighted by Crippen LogP contribution is 2.50. The lowest BCUT2D eigenvalue weighted by Crippen LogP contribution is -2.47. The Balaban J connectivity index is 1.93. The second-order valence-corrected chi connectivity index (χ2v) is 7.25. The van der Waals surface area contributed by atoms with Gasteiger partial charge in [0.25, 0.3) is 5.91 Å². The normalized spacial score (nSPS) is 20.9. The van der Waals surface area contributed by atoms with Gasteiger partial charge < -0.3 is 10.2 Å². The molecule has 1 aliphatic heterocycles. The zero-order valence-electron chi connectivity index (χ0n) is 14.3. The molecule has 3 rings (SSSR count). The predicted molar refractivity (Wildman–Crippen MR) is 92.1 cm³/mol. The van der Waals surface area contributed by atoms with Gasteiger partial charge in [-0.15, -0.1) is 11.6 Å². The van der Waals surface area contributed by atoms with E-state index in [0.717, 1.165) is 25.0 Å². The Morgan fingerprint density at radius 1 is 1.33 bits per heavy atom. The molecule has 1 unspecified atom stereocenters. The van der Waals surface area contributed by atoms with Gasteiger partial charge in [0.05, 0.1) is 17.6 Å². The van der Waals surface area contributed by atoms with Gasteiger partial charge in [0.1, 0.15) is 5.88 Å². The number of hydrogen-bond donors (Lipinski definition) is 1. The van der Waals surface area contributed by atoms with Crippen LogP contribution in [0.15, 0.2) is 18.2 Å². The van der Waals surface area contributed by atoms with Gasteiger partial charge in [-0.25, -0.2) is 0 Å². The van der Waals surface area contributed by atoms with Gasteiger partial charge in [-0.05, 0) is 43.9 Å². The number of amides is 2. The summed E-state index contributed by atoms with van der Waals surface area (Å²) in [6.07, 6.45) is -2.14. The van der Waals surface area contributed by atoms with Crippen LogP contribution in [0.25, 0.3) is 0 Å². The quantitative estimate of drug-likeness (QED) is 0.786. The highest BCUT2D eigenvalue weighted by molar-refractivity contribution is 6.29. The Kier molecular flexibility index (Phi) is 5.08. The summed E-state index contributed by atoms with van der Waals surface area (Å²) < 4.78 is 39.7. The number of halogens is 4. The standard InChI is InChI=1S/C18H17ClF3N3O2/c19-9-15(26)24-14-6-12(5-13(7-14)18(20,21)22)16(27)25-4-1-11(10-23)8-17(25)2-3-17/h5-7,11H,1-4,8-9H2,(H,24,26). The summed E-state index contributed by atoms with van der Waals surface area (Å²) >= 11 is 5.39. The fourth-order valence-electron chi connectivity index (χ4n) is 3.58. The lowest BCUT2D eigenvalue weighted by molar-refractivity contribution is -0.137. The molecule has 144 valence electrons. The fraction of sp³-hybridized carbons (Fsp3) is 0.500. The van der Waals surface area contributed by atoms with E-state index in [1.165, 1.54) is 6.07 Å². The molecule has 9 heteroatoms. The number of nitrogens with zero attached hydrogens (tertiary/aromatic N) is 2. The van der Waals surface area contributed by atoms with Crippen LogP contribution in [0, 0.1) is 17.2 Å². The van der Waals surface area contributed by atoms with Crippen molar-refractivity contribution in [1.29, 1.82) is 5.26 Å². The molecule has 27 heavy (non-hydrogen) atoms. The van der Waals surface area contributed by atoms with Crippen molar-refractivity contribution < 1.29 is 22.8 Å². The number of carbonyl (C=O) groups excluding carboxylic acids is 2. The maximum Gasteiger partial charge on any atom is 0.416 e. The third-order valence-electron chi connectivity index (χ3n) is 5.07. The fourth-order valence-corrected chi connectivity index (χ4v) is 3.64. The van der Waals surface area contributed by atoms with Gasteiger partial charge in [0, 0.05) is 23.3 Å². The van der Waals surface area contributed by atoms with Crippen molar-refractivity contribution in [2.24, 2.45) is 5.92 Å². The second-order valence-electron chi connectivity index (χ2n) is 6.98. The van der Waals surface area contributed by atoms with Gasteiger partial charge in [0.2, 0.25) is 5.91 Å². The SMILES string of the molecule is N#CC1CCN(C(=O)c2cc(NC(=O)CCl)cc(C(F)(F)F)c2)C2(CC2)C1. The Morgan fingerprint density at radius 3 is 2.59 bits per heavy atom. The number of rotatable bonds is 3. The molecule has 0 radical (unpaired) electrons. The van der Waals surface area contributed by atoms with Crippen molar-refractivity contribution in [2.45, 2.75) is 37.4 Å². The maximum atomic E-state index is 13.2. The molecule has 2 amide bonds. The number of benzene rings is 1. The molecule has 0 bridgehead atoms. The maximum absolute atomic E-state index is 13.2. The number of hydrogen-bond acceptors (Lipinski definition) is 3. The molecule has 1 heterocycles. The minimum absolute atomic E-state index is 0.129. The van der Waals surface area contributed by atoms with Crippen LogP contribution in [0.3, 0.4) is 0 Å². The van der Waals surface area contributed by atoms with Crippen molar-refractivity contribution in [3.8, 4) is 6.07 Å². The van der Waals surface area contributed by atoms with Gasteiger partial charge in [-0.1, -0.05) is 0 Å². The first-order chi connectivity index (χ1) is 12.7. The largest absolute Gasteiger partial charge is 0.416 e. The number of nitrogens with one attached hydrogen (secondary N) is 1. The molecule has 5 nitrogen and oxygen atoms in total. The molecule has 2 fully saturated rings. The van der Waals surface area contributed by atoms with E-state index in [1.54, 1.807) is 4.90 Å². The first-order valence-corrected chi connectivity index (χ1v) is 9.02. The Labute approximate surface area is 159 Å².